The van der Waals surface area contributed by atoms with E-state index < -0.39 is 36.5 Å². The summed E-state index contributed by atoms with van der Waals surface area (Å²) in [5.74, 6) is -0.542. The van der Waals surface area contributed by atoms with Crippen molar-refractivity contribution in [2.45, 2.75) is 43.9 Å². The van der Waals surface area contributed by atoms with E-state index in [0.717, 1.165) is 12.0 Å². The van der Waals surface area contributed by atoms with E-state index in [0.29, 0.717) is 5.56 Å². The third-order valence-electron chi connectivity index (χ3n) is 3.79. The molecule has 1 aromatic carbocycles. The molecule has 0 aromatic heterocycles. The van der Waals surface area contributed by atoms with Crippen molar-refractivity contribution in [2.24, 2.45) is 0 Å². The van der Waals surface area contributed by atoms with Gasteiger partial charge in [-0.3, -0.25) is 0 Å². The van der Waals surface area contributed by atoms with Crippen LogP contribution in [0.4, 0.5) is 0 Å². The molecule has 0 amide bonds. The molecular weight excluding hydrogens is 739 g/mol. The first-order chi connectivity index (χ1) is 10.4. The van der Waals surface area contributed by atoms with Crippen LogP contribution < -0.4 is 0 Å². The Kier molecular flexibility index (Phi) is 20.7. The van der Waals surface area contributed by atoms with Crippen molar-refractivity contribution in [2.75, 3.05) is 6.61 Å². The van der Waals surface area contributed by atoms with Crippen LogP contribution in [0.2, 0.25) is 0 Å². The molecule has 1 aliphatic rings. The minimum atomic E-state index is -1.39. The third-order valence-corrected chi connectivity index (χ3v) is 3.79. The molecule has 1 heterocycles. The number of aliphatic hydroxyl groups is 3. The molecule has 1 aromatic rings. The summed E-state index contributed by atoms with van der Waals surface area (Å²) in [6, 6.07) is 7.02. The van der Waals surface area contributed by atoms with Gasteiger partial charge in [0.05, 0.1) is 11.7 Å². The van der Waals surface area contributed by atoms with Crippen LogP contribution in [0.15, 0.2) is 24.3 Å². The molecule has 2 rings (SSSR count). The molecule has 26 heavy (non-hydrogen) atoms. The Morgan fingerprint density at radius 3 is 2.12 bits per heavy atom. The number of aryl methyl sites for hydroxylation is 1. The van der Waals surface area contributed by atoms with Crippen LogP contribution >= 0.6 is 0 Å². The fourth-order valence-electron chi connectivity index (χ4n) is 2.28. The summed E-state index contributed by atoms with van der Waals surface area (Å²) in [4.78, 5) is 11.9. The summed E-state index contributed by atoms with van der Waals surface area (Å²) in [6.07, 6.45) is -4.95. The molecule has 10 heteroatoms. The molecule has 5 unspecified atom stereocenters. The molecular formula is C16H21O6WY3-. The SMILES string of the molecule is [CH2-]C1OC(COC(=O)c2ccc(CC)cc2)C(O)C(O)C1O.[W].[Y].[Y].[Y]. The first kappa shape index (κ1) is 33.2. The molecule has 1 saturated heterocycles. The number of hydrogen-bond acceptors (Lipinski definition) is 6. The van der Waals surface area contributed by atoms with E-state index in [9.17, 15) is 20.1 Å². The van der Waals surface area contributed by atoms with Crippen LogP contribution in [0, 0.1) is 6.92 Å². The first-order valence-corrected chi connectivity index (χ1v) is 7.22. The number of esters is 1. The Bertz CT molecular complexity index is 519. The van der Waals surface area contributed by atoms with Crippen LogP contribution in [-0.2, 0) is 135 Å². The van der Waals surface area contributed by atoms with E-state index in [1.54, 1.807) is 12.1 Å². The summed E-state index contributed by atoms with van der Waals surface area (Å²) >= 11 is 0. The van der Waals surface area contributed by atoms with Crippen molar-refractivity contribution >= 4 is 5.97 Å². The maximum absolute atomic E-state index is 11.9. The standard InChI is InChI=1S/C16H21O6.W.3Y/c1-3-10-4-6-11(7-5-10)16(20)21-8-12-14(18)15(19)13(17)9(2)22-12;;;;/h4-7,9,12-15,17-19H,2-3,8H2,1H3;;;;/q-1;;;;. The van der Waals surface area contributed by atoms with Gasteiger partial charge in [-0.25, -0.2) is 4.79 Å². The van der Waals surface area contributed by atoms with Gasteiger partial charge in [0.15, 0.2) is 0 Å². The number of benzene rings is 1. The summed E-state index contributed by atoms with van der Waals surface area (Å²) in [6.45, 7) is 5.32. The molecule has 3 N–H and O–H groups in total. The minimum Gasteiger partial charge on any atom is -0.459 e. The number of ether oxygens (including phenoxy) is 2. The second-order valence-electron chi connectivity index (χ2n) is 5.33. The Hall–Kier alpha value is 2.53. The van der Waals surface area contributed by atoms with Crippen molar-refractivity contribution in [3.63, 3.8) is 0 Å². The maximum Gasteiger partial charge on any atom is 0.338 e. The van der Waals surface area contributed by atoms with Crippen LogP contribution in [0.3, 0.4) is 0 Å². The zero-order valence-corrected chi connectivity index (χ0v) is 26.0. The van der Waals surface area contributed by atoms with Crippen LogP contribution in [-0.4, -0.2) is 58.4 Å². The molecule has 3 radical (unpaired) electrons. The summed E-state index contributed by atoms with van der Waals surface area (Å²) in [5, 5.41) is 29.0. The predicted octanol–water partition coefficient (Wildman–Crippen LogP) is 0.0800. The van der Waals surface area contributed by atoms with Gasteiger partial charge in [0, 0.05) is 119 Å². The van der Waals surface area contributed by atoms with E-state index in [4.69, 9.17) is 9.47 Å². The van der Waals surface area contributed by atoms with Gasteiger partial charge in [0.1, 0.15) is 24.9 Å². The van der Waals surface area contributed by atoms with Gasteiger partial charge >= 0.3 is 5.97 Å². The number of carbonyl (C=O) groups is 1. The van der Waals surface area contributed by atoms with Crippen LogP contribution in [0.1, 0.15) is 22.8 Å². The van der Waals surface area contributed by atoms with Gasteiger partial charge in [-0.1, -0.05) is 19.1 Å². The van der Waals surface area contributed by atoms with E-state index in [-0.39, 0.29) is 126 Å². The minimum absolute atomic E-state index is 0. The Labute approximate surface area is 243 Å². The molecule has 1 fully saturated rings. The molecule has 0 aliphatic carbocycles. The van der Waals surface area contributed by atoms with E-state index in [1.807, 2.05) is 19.1 Å². The van der Waals surface area contributed by atoms with Crippen molar-refractivity contribution in [1.29, 1.82) is 0 Å². The van der Waals surface area contributed by atoms with Gasteiger partial charge in [-0.2, -0.15) is 0 Å². The molecule has 0 spiro atoms. The number of rotatable bonds is 4. The second-order valence-corrected chi connectivity index (χ2v) is 5.33. The first-order valence-electron chi connectivity index (χ1n) is 7.22. The summed E-state index contributed by atoms with van der Waals surface area (Å²) < 4.78 is 10.4. The van der Waals surface area contributed by atoms with E-state index >= 15 is 0 Å². The van der Waals surface area contributed by atoms with Crippen molar-refractivity contribution in [3.05, 3.63) is 42.3 Å². The van der Waals surface area contributed by atoms with Gasteiger partial charge in [0.2, 0.25) is 0 Å². The molecule has 5 atom stereocenters. The fourth-order valence-corrected chi connectivity index (χ4v) is 2.28. The Morgan fingerprint density at radius 1 is 1.08 bits per heavy atom. The average Bonchev–Trinajstić information content (AvgIpc) is 2.54. The van der Waals surface area contributed by atoms with Crippen molar-refractivity contribution in [3.8, 4) is 0 Å². The van der Waals surface area contributed by atoms with Gasteiger partial charge in [0.25, 0.3) is 0 Å². The fraction of sp³-hybridized carbons (Fsp3) is 0.500. The number of carbonyl (C=O) groups excluding carboxylic acids is 1. The average molecular weight is 760 g/mol. The topological polar surface area (TPSA) is 96.2 Å². The Morgan fingerprint density at radius 2 is 1.62 bits per heavy atom. The summed E-state index contributed by atoms with van der Waals surface area (Å²) in [5.41, 5.74) is 1.51. The second kappa shape index (κ2) is 16.3. The maximum atomic E-state index is 11.9. The molecule has 1 aliphatic heterocycles. The monoisotopic (exact) mass is 760 g/mol. The van der Waals surface area contributed by atoms with Crippen molar-refractivity contribution in [1.82, 2.24) is 0 Å². The van der Waals surface area contributed by atoms with Crippen molar-refractivity contribution < 1.29 is 149 Å². The third kappa shape index (κ3) is 9.13. The predicted molar refractivity (Wildman–Crippen MR) is 78.1 cm³/mol. The normalized spacial score (nSPS) is 26.9. The molecule has 137 valence electrons. The number of aliphatic hydroxyl groups excluding tert-OH is 3. The number of hydrogen-bond donors (Lipinski definition) is 3. The molecule has 0 saturated carbocycles. The van der Waals surface area contributed by atoms with Gasteiger partial charge < -0.3 is 31.7 Å². The summed E-state index contributed by atoms with van der Waals surface area (Å²) in [7, 11) is 0. The van der Waals surface area contributed by atoms with Crippen LogP contribution in [0.5, 0.6) is 0 Å². The van der Waals surface area contributed by atoms with Crippen LogP contribution in [0.25, 0.3) is 0 Å². The zero-order valence-electron chi connectivity index (χ0n) is 14.5. The van der Waals surface area contributed by atoms with E-state index in [1.165, 1.54) is 0 Å². The van der Waals surface area contributed by atoms with E-state index in [2.05, 4.69) is 6.92 Å². The zero-order chi connectivity index (χ0) is 16.3. The molecule has 0 bridgehead atoms. The quantitative estimate of drug-likeness (QED) is 0.298. The smallest absolute Gasteiger partial charge is 0.338 e. The van der Waals surface area contributed by atoms with Gasteiger partial charge in [-0.15, -0.1) is 0 Å². The Balaban J connectivity index is -0.00000132. The van der Waals surface area contributed by atoms with Gasteiger partial charge in [-0.05, 0) is 30.2 Å². The largest absolute Gasteiger partial charge is 0.459 e. The molecule has 6 nitrogen and oxygen atoms in total.